The molecule has 28 heavy (non-hydrogen) atoms. The monoisotopic (exact) mass is 375 g/mol. The molecule has 0 saturated carbocycles. The summed E-state index contributed by atoms with van der Waals surface area (Å²) in [6.07, 6.45) is 12.6. The topological polar surface area (TPSA) is 31.9 Å². The van der Waals surface area contributed by atoms with E-state index in [0.717, 1.165) is 49.2 Å². The zero-order valence-electron chi connectivity index (χ0n) is 16.3. The van der Waals surface area contributed by atoms with Gasteiger partial charge in [-0.15, -0.1) is 0 Å². The summed E-state index contributed by atoms with van der Waals surface area (Å²) in [5, 5.41) is 0. The molecular weight excluding hydrogens is 349 g/mol. The molecule has 0 saturated heterocycles. The zero-order chi connectivity index (χ0) is 19.3. The van der Waals surface area contributed by atoms with Gasteiger partial charge in [0.15, 0.2) is 0 Å². The molecule has 0 bridgehead atoms. The summed E-state index contributed by atoms with van der Waals surface area (Å²) in [5.41, 5.74) is 7.27. The van der Waals surface area contributed by atoms with Gasteiger partial charge in [0.25, 0.3) is 0 Å². The summed E-state index contributed by atoms with van der Waals surface area (Å²) in [6.45, 7) is 2.23. The highest BCUT2D eigenvalue weighted by Gasteiger charge is 2.15. The van der Waals surface area contributed by atoms with Crippen molar-refractivity contribution in [1.29, 1.82) is 0 Å². The maximum atomic E-state index is 13.4. The summed E-state index contributed by atoms with van der Waals surface area (Å²) in [5.74, 6) is -0.215. The van der Waals surface area contributed by atoms with E-state index >= 15 is 0 Å². The number of aromatic amines is 1. The molecule has 3 heterocycles. The van der Waals surface area contributed by atoms with Crippen LogP contribution in [0.2, 0.25) is 0 Å². The van der Waals surface area contributed by atoms with Crippen molar-refractivity contribution < 1.29 is 4.39 Å². The van der Waals surface area contributed by atoms with Crippen LogP contribution in [0.25, 0.3) is 22.4 Å². The van der Waals surface area contributed by atoms with Crippen molar-refractivity contribution in [2.45, 2.75) is 25.7 Å². The standard InChI is InChI=1S/C24H26FN3/c1-28-15-11-18(12-16-28)3-2-4-21-17-27-24(20-5-7-22(25)8-6-20)23(21)19-9-13-26-14-10-19/h5-11,13-14,17,27H,2-4,12,15-16H2,1H3. The summed E-state index contributed by atoms with van der Waals surface area (Å²) in [6, 6.07) is 10.8. The average Bonchev–Trinajstić information content (AvgIpc) is 3.14. The summed E-state index contributed by atoms with van der Waals surface area (Å²) >= 11 is 0. The number of aryl methyl sites for hydroxylation is 1. The van der Waals surface area contributed by atoms with E-state index in [9.17, 15) is 4.39 Å². The third-order valence-corrected chi connectivity index (χ3v) is 5.51. The van der Waals surface area contributed by atoms with Crippen molar-refractivity contribution in [2.24, 2.45) is 0 Å². The van der Waals surface area contributed by atoms with Gasteiger partial charge in [-0.3, -0.25) is 4.98 Å². The van der Waals surface area contributed by atoms with Crippen LogP contribution in [0.1, 0.15) is 24.8 Å². The minimum Gasteiger partial charge on any atom is -0.360 e. The molecule has 144 valence electrons. The van der Waals surface area contributed by atoms with E-state index in [1.54, 1.807) is 5.57 Å². The molecule has 1 aromatic carbocycles. The molecule has 0 radical (unpaired) electrons. The van der Waals surface area contributed by atoms with Gasteiger partial charge in [0, 0.05) is 37.2 Å². The molecule has 4 rings (SSSR count). The van der Waals surface area contributed by atoms with Crippen LogP contribution in [-0.2, 0) is 6.42 Å². The average molecular weight is 375 g/mol. The molecule has 0 unspecified atom stereocenters. The van der Waals surface area contributed by atoms with Gasteiger partial charge in [0.1, 0.15) is 5.82 Å². The summed E-state index contributed by atoms with van der Waals surface area (Å²) in [7, 11) is 2.17. The number of nitrogens with zero attached hydrogens (tertiary/aromatic N) is 2. The second-order valence-corrected chi connectivity index (χ2v) is 7.53. The highest BCUT2D eigenvalue weighted by Crippen LogP contribution is 2.35. The Balaban J connectivity index is 1.58. The fraction of sp³-hybridized carbons (Fsp3) is 0.292. The summed E-state index contributed by atoms with van der Waals surface area (Å²) < 4.78 is 13.4. The predicted molar refractivity (Wildman–Crippen MR) is 113 cm³/mol. The van der Waals surface area contributed by atoms with Crippen molar-refractivity contribution in [3.8, 4) is 22.4 Å². The van der Waals surface area contributed by atoms with Crippen LogP contribution in [0.5, 0.6) is 0 Å². The number of halogens is 1. The second kappa shape index (κ2) is 8.53. The van der Waals surface area contributed by atoms with Gasteiger partial charge in [-0.2, -0.15) is 0 Å². The molecule has 1 N–H and O–H groups in total. The van der Waals surface area contributed by atoms with Gasteiger partial charge >= 0.3 is 0 Å². The maximum absolute atomic E-state index is 13.4. The first kappa shape index (κ1) is 18.6. The molecule has 3 nitrogen and oxygen atoms in total. The normalized spacial score (nSPS) is 14.9. The quantitative estimate of drug-likeness (QED) is 0.580. The molecule has 0 aliphatic carbocycles. The van der Waals surface area contributed by atoms with Crippen LogP contribution in [0.4, 0.5) is 4.39 Å². The van der Waals surface area contributed by atoms with Crippen LogP contribution in [0, 0.1) is 5.82 Å². The Morgan fingerprint density at radius 1 is 1.04 bits per heavy atom. The zero-order valence-corrected chi connectivity index (χ0v) is 16.3. The van der Waals surface area contributed by atoms with Crippen LogP contribution >= 0.6 is 0 Å². The highest BCUT2D eigenvalue weighted by atomic mass is 19.1. The van der Waals surface area contributed by atoms with E-state index in [1.807, 2.05) is 36.7 Å². The van der Waals surface area contributed by atoms with E-state index in [0.29, 0.717) is 0 Å². The van der Waals surface area contributed by atoms with Gasteiger partial charge in [0.05, 0.1) is 5.69 Å². The molecule has 1 aliphatic heterocycles. The van der Waals surface area contributed by atoms with Crippen LogP contribution < -0.4 is 0 Å². The van der Waals surface area contributed by atoms with Gasteiger partial charge in [-0.05, 0) is 85.8 Å². The highest BCUT2D eigenvalue weighted by molar-refractivity contribution is 5.83. The Hall–Kier alpha value is -2.72. The number of H-pyrrole nitrogens is 1. The van der Waals surface area contributed by atoms with E-state index in [4.69, 9.17) is 0 Å². The number of hydrogen-bond donors (Lipinski definition) is 1. The number of hydrogen-bond acceptors (Lipinski definition) is 2. The fourth-order valence-electron chi connectivity index (χ4n) is 3.90. The first-order valence-electron chi connectivity index (χ1n) is 9.94. The van der Waals surface area contributed by atoms with Crippen molar-refractivity contribution in [3.63, 3.8) is 0 Å². The van der Waals surface area contributed by atoms with E-state index < -0.39 is 0 Å². The predicted octanol–water partition coefficient (Wildman–Crippen LogP) is 5.47. The largest absolute Gasteiger partial charge is 0.360 e. The Bertz CT molecular complexity index is 942. The lowest BCUT2D eigenvalue weighted by Gasteiger charge is -2.21. The van der Waals surface area contributed by atoms with Crippen molar-refractivity contribution >= 4 is 0 Å². The Morgan fingerprint density at radius 2 is 1.82 bits per heavy atom. The first-order chi connectivity index (χ1) is 13.7. The van der Waals surface area contributed by atoms with E-state index in [2.05, 4.69) is 34.2 Å². The molecule has 0 amide bonds. The lowest BCUT2D eigenvalue weighted by molar-refractivity contribution is 0.356. The Labute approximate surface area is 165 Å². The number of likely N-dealkylation sites (N-methyl/N-ethyl adjacent to an activating group) is 1. The van der Waals surface area contributed by atoms with Gasteiger partial charge in [0.2, 0.25) is 0 Å². The van der Waals surface area contributed by atoms with Crippen molar-refractivity contribution in [2.75, 3.05) is 20.1 Å². The van der Waals surface area contributed by atoms with E-state index in [-0.39, 0.29) is 5.82 Å². The minimum atomic E-state index is -0.215. The fourth-order valence-corrected chi connectivity index (χ4v) is 3.90. The van der Waals surface area contributed by atoms with Gasteiger partial charge in [-0.1, -0.05) is 11.6 Å². The number of rotatable bonds is 6. The molecule has 0 spiro atoms. The second-order valence-electron chi connectivity index (χ2n) is 7.53. The van der Waals surface area contributed by atoms with E-state index in [1.165, 1.54) is 29.7 Å². The first-order valence-corrected chi connectivity index (χ1v) is 9.94. The van der Waals surface area contributed by atoms with Crippen LogP contribution in [0.15, 0.2) is 66.6 Å². The van der Waals surface area contributed by atoms with Crippen LogP contribution in [0.3, 0.4) is 0 Å². The Kier molecular flexibility index (Phi) is 5.68. The lowest BCUT2D eigenvalue weighted by atomic mass is 9.94. The number of nitrogens with one attached hydrogen (secondary N) is 1. The van der Waals surface area contributed by atoms with Gasteiger partial charge < -0.3 is 9.88 Å². The summed E-state index contributed by atoms with van der Waals surface area (Å²) in [4.78, 5) is 9.95. The SMILES string of the molecule is CN1CC=C(CCCc2c[nH]c(-c3ccc(F)cc3)c2-c2ccncc2)CC1. The number of benzene rings is 1. The lowest BCUT2D eigenvalue weighted by Crippen LogP contribution is -2.24. The number of pyridine rings is 1. The smallest absolute Gasteiger partial charge is 0.123 e. The molecule has 0 fully saturated rings. The van der Waals surface area contributed by atoms with Gasteiger partial charge in [-0.25, -0.2) is 4.39 Å². The third-order valence-electron chi connectivity index (χ3n) is 5.51. The molecular formula is C24H26FN3. The third kappa shape index (κ3) is 4.23. The number of aromatic nitrogens is 2. The Morgan fingerprint density at radius 3 is 2.54 bits per heavy atom. The molecule has 2 aromatic heterocycles. The van der Waals surface area contributed by atoms with Crippen molar-refractivity contribution in [3.05, 3.63) is 78.0 Å². The molecule has 3 aromatic rings. The molecule has 0 atom stereocenters. The van der Waals surface area contributed by atoms with Crippen LogP contribution in [-0.4, -0.2) is 35.0 Å². The minimum absolute atomic E-state index is 0.215. The maximum Gasteiger partial charge on any atom is 0.123 e. The molecule has 1 aliphatic rings. The molecule has 4 heteroatoms. The van der Waals surface area contributed by atoms with Crippen molar-refractivity contribution in [1.82, 2.24) is 14.9 Å².